The molecule has 0 aromatic heterocycles. The van der Waals surface area contributed by atoms with Gasteiger partial charge < -0.3 is 0 Å². The van der Waals surface area contributed by atoms with Crippen LogP contribution < -0.4 is 0 Å². The van der Waals surface area contributed by atoms with E-state index in [4.69, 9.17) is 10.1 Å². The SMILES string of the molecule is CC(C)c1ccccc1.CC1CCC2CC1(OO)C2(C)C. The molecule has 1 aromatic rings. The summed E-state index contributed by atoms with van der Waals surface area (Å²) in [6.45, 7) is 11.0. The first-order valence-corrected chi connectivity index (χ1v) is 8.22. The molecule has 2 heteroatoms. The molecule has 1 aromatic carbocycles. The summed E-state index contributed by atoms with van der Waals surface area (Å²) in [5.41, 5.74) is 1.37. The minimum atomic E-state index is -0.226. The lowest BCUT2D eigenvalue weighted by atomic mass is 9.43. The van der Waals surface area contributed by atoms with Crippen LogP contribution in [0, 0.1) is 17.3 Å². The molecule has 3 unspecified atom stereocenters. The number of benzene rings is 1. The van der Waals surface area contributed by atoms with Crippen molar-refractivity contribution in [3.05, 3.63) is 35.9 Å². The molecule has 3 atom stereocenters. The minimum absolute atomic E-state index is 0.180. The van der Waals surface area contributed by atoms with Crippen LogP contribution in [-0.4, -0.2) is 10.9 Å². The Morgan fingerprint density at radius 1 is 1.14 bits per heavy atom. The van der Waals surface area contributed by atoms with Crippen LogP contribution in [0.25, 0.3) is 0 Å². The lowest BCUT2D eigenvalue weighted by Crippen LogP contribution is -2.67. The lowest BCUT2D eigenvalue weighted by Gasteiger charge is -2.65. The molecule has 1 N–H and O–H groups in total. The topological polar surface area (TPSA) is 29.5 Å². The second-order valence-electron chi connectivity index (χ2n) is 7.65. The maximum Gasteiger partial charge on any atom is 0.111 e. The normalized spacial score (nSPS) is 32.9. The number of fused-ring (bicyclic) bond motifs is 2. The quantitative estimate of drug-likeness (QED) is 0.575. The van der Waals surface area contributed by atoms with E-state index in [2.05, 4.69) is 58.9 Å². The second-order valence-corrected chi connectivity index (χ2v) is 7.65. The van der Waals surface area contributed by atoms with Crippen molar-refractivity contribution in [2.75, 3.05) is 0 Å². The molecule has 0 spiro atoms. The molecule has 0 heterocycles. The molecule has 2 bridgehead atoms. The van der Waals surface area contributed by atoms with E-state index < -0.39 is 0 Å². The van der Waals surface area contributed by atoms with E-state index in [0.29, 0.717) is 11.8 Å². The first-order valence-electron chi connectivity index (χ1n) is 8.22. The van der Waals surface area contributed by atoms with Crippen molar-refractivity contribution in [1.29, 1.82) is 0 Å². The Bertz CT molecular complexity index is 452. The molecule has 0 radical (unpaired) electrons. The third-order valence-electron chi connectivity index (χ3n) is 6.03. The van der Waals surface area contributed by atoms with E-state index in [0.717, 1.165) is 12.3 Å². The fourth-order valence-electron chi connectivity index (χ4n) is 4.16. The Morgan fingerprint density at radius 2 is 1.76 bits per heavy atom. The number of hydrogen-bond donors (Lipinski definition) is 1. The molecule has 4 rings (SSSR count). The van der Waals surface area contributed by atoms with Gasteiger partial charge in [-0.3, -0.25) is 5.26 Å². The van der Waals surface area contributed by atoms with E-state index >= 15 is 0 Å². The van der Waals surface area contributed by atoms with Crippen LogP contribution in [0.15, 0.2) is 30.3 Å². The van der Waals surface area contributed by atoms with Gasteiger partial charge >= 0.3 is 0 Å². The van der Waals surface area contributed by atoms with E-state index in [1.165, 1.54) is 18.4 Å². The van der Waals surface area contributed by atoms with Gasteiger partial charge in [-0.25, -0.2) is 4.89 Å². The summed E-state index contributed by atoms with van der Waals surface area (Å²) in [6.07, 6.45) is 3.56. The van der Waals surface area contributed by atoms with Gasteiger partial charge in [0, 0.05) is 5.41 Å². The summed E-state index contributed by atoms with van der Waals surface area (Å²) < 4.78 is 0. The molecule has 118 valence electrons. The Labute approximate surface area is 129 Å². The summed E-state index contributed by atoms with van der Waals surface area (Å²) in [5, 5.41) is 8.99. The van der Waals surface area contributed by atoms with Gasteiger partial charge in [-0.15, -0.1) is 0 Å². The molecule has 3 aliphatic carbocycles. The lowest BCUT2D eigenvalue weighted by molar-refractivity contribution is -0.419. The van der Waals surface area contributed by atoms with Crippen LogP contribution in [-0.2, 0) is 4.89 Å². The van der Waals surface area contributed by atoms with Gasteiger partial charge in [-0.2, -0.15) is 0 Å². The van der Waals surface area contributed by atoms with Crippen molar-refractivity contribution >= 4 is 0 Å². The second kappa shape index (κ2) is 6.10. The largest absolute Gasteiger partial charge is 0.251 e. The highest BCUT2D eigenvalue weighted by Crippen LogP contribution is 2.65. The maximum atomic E-state index is 8.99. The molecule has 0 aliphatic heterocycles. The third kappa shape index (κ3) is 2.76. The van der Waals surface area contributed by atoms with E-state index in [-0.39, 0.29) is 11.0 Å². The molecular weight excluding hydrogens is 260 g/mol. The average Bonchev–Trinajstić information content (AvgIpc) is 2.48. The third-order valence-corrected chi connectivity index (χ3v) is 6.03. The summed E-state index contributed by atoms with van der Waals surface area (Å²) in [5.74, 6) is 1.93. The van der Waals surface area contributed by atoms with Crippen molar-refractivity contribution in [2.45, 2.75) is 65.4 Å². The molecule has 3 saturated carbocycles. The molecule has 3 fully saturated rings. The van der Waals surface area contributed by atoms with E-state index in [1.807, 2.05) is 6.07 Å². The summed E-state index contributed by atoms with van der Waals surface area (Å²) in [6, 6.07) is 10.5. The smallest absolute Gasteiger partial charge is 0.111 e. The highest BCUT2D eigenvalue weighted by Gasteiger charge is 2.66. The zero-order valence-corrected chi connectivity index (χ0v) is 14.1. The minimum Gasteiger partial charge on any atom is -0.251 e. The number of rotatable bonds is 2. The van der Waals surface area contributed by atoms with Gasteiger partial charge in [0.25, 0.3) is 0 Å². The van der Waals surface area contributed by atoms with Crippen molar-refractivity contribution in [1.82, 2.24) is 0 Å². The van der Waals surface area contributed by atoms with Crippen molar-refractivity contribution in [3.8, 4) is 0 Å². The molecular formula is C19H30O2. The Morgan fingerprint density at radius 3 is 2.10 bits per heavy atom. The van der Waals surface area contributed by atoms with Gasteiger partial charge in [0.2, 0.25) is 0 Å². The first kappa shape index (κ1) is 16.5. The number of hydrogen-bond acceptors (Lipinski definition) is 2. The highest BCUT2D eigenvalue weighted by molar-refractivity contribution is 5.17. The van der Waals surface area contributed by atoms with Crippen LogP contribution in [0.3, 0.4) is 0 Å². The molecule has 21 heavy (non-hydrogen) atoms. The average molecular weight is 290 g/mol. The van der Waals surface area contributed by atoms with Gasteiger partial charge in [-0.05, 0) is 42.6 Å². The van der Waals surface area contributed by atoms with E-state index in [1.54, 1.807) is 0 Å². The fourth-order valence-corrected chi connectivity index (χ4v) is 4.16. The predicted octanol–water partition coefficient (Wildman–Crippen LogP) is 5.50. The zero-order valence-electron chi connectivity index (χ0n) is 14.1. The van der Waals surface area contributed by atoms with Gasteiger partial charge in [-0.1, -0.05) is 65.0 Å². The summed E-state index contributed by atoms with van der Waals surface area (Å²) in [7, 11) is 0. The molecule has 0 saturated heterocycles. The highest BCUT2D eigenvalue weighted by atomic mass is 17.1. The van der Waals surface area contributed by atoms with Crippen molar-refractivity contribution in [2.24, 2.45) is 17.3 Å². The van der Waals surface area contributed by atoms with Crippen LogP contribution in [0.5, 0.6) is 0 Å². The standard InChI is InChI=1S/C10H18O2.C9H12/c1-7-4-5-8-6-10(7,12-11)9(8,2)3;1-8(2)9-6-4-3-5-7-9/h7-8,11H,4-6H2,1-3H3;3-8H,1-2H3. The molecule has 0 amide bonds. The molecule has 3 aliphatic rings. The monoisotopic (exact) mass is 290 g/mol. The Hall–Kier alpha value is -0.860. The van der Waals surface area contributed by atoms with Crippen LogP contribution in [0.1, 0.15) is 65.4 Å². The molecule has 2 nitrogen and oxygen atoms in total. The zero-order chi connectivity index (χ0) is 15.7. The summed E-state index contributed by atoms with van der Waals surface area (Å²) >= 11 is 0. The fraction of sp³-hybridized carbons (Fsp3) is 0.684. The first-order chi connectivity index (χ1) is 9.85. The van der Waals surface area contributed by atoms with Crippen LogP contribution in [0.2, 0.25) is 0 Å². The Balaban J connectivity index is 0.000000161. The van der Waals surface area contributed by atoms with Crippen LogP contribution >= 0.6 is 0 Å². The Kier molecular flexibility index (Phi) is 4.79. The van der Waals surface area contributed by atoms with Crippen LogP contribution in [0.4, 0.5) is 0 Å². The van der Waals surface area contributed by atoms with E-state index in [9.17, 15) is 0 Å². The van der Waals surface area contributed by atoms with Crippen molar-refractivity contribution in [3.63, 3.8) is 0 Å². The van der Waals surface area contributed by atoms with Gasteiger partial charge in [0.05, 0.1) is 0 Å². The summed E-state index contributed by atoms with van der Waals surface area (Å²) in [4.78, 5) is 4.77. The van der Waals surface area contributed by atoms with Gasteiger partial charge in [0.15, 0.2) is 0 Å². The van der Waals surface area contributed by atoms with Gasteiger partial charge in [0.1, 0.15) is 5.60 Å². The maximum absolute atomic E-state index is 8.99. The predicted molar refractivity (Wildman–Crippen MR) is 87.3 cm³/mol. The van der Waals surface area contributed by atoms with Crippen molar-refractivity contribution < 1.29 is 10.1 Å².